The van der Waals surface area contributed by atoms with Crippen molar-refractivity contribution < 1.29 is 18.8 Å². The van der Waals surface area contributed by atoms with Crippen molar-refractivity contribution in [2.75, 3.05) is 0 Å². The lowest BCUT2D eigenvalue weighted by molar-refractivity contribution is 0.0316. The van der Waals surface area contributed by atoms with Gasteiger partial charge in [0.05, 0.1) is 5.69 Å². The van der Waals surface area contributed by atoms with Gasteiger partial charge in [-0.15, -0.1) is 0 Å². The molecule has 0 aliphatic heterocycles. The summed E-state index contributed by atoms with van der Waals surface area (Å²) < 4.78 is 10.1. The Kier molecular flexibility index (Phi) is 4.21. The molecule has 0 aliphatic carbocycles. The summed E-state index contributed by atoms with van der Waals surface area (Å²) >= 11 is 0. The van der Waals surface area contributed by atoms with Crippen LogP contribution >= 0.6 is 0 Å². The van der Waals surface area contributed by atoms with Crippen LogP contribution in [0.15, 0.2) is 28.8 Å². The Morgan fingerprint density at radius 1 is 1.14 bits per heavy atom. The number of carbonyl (C=O) groups is 2. The fourth-order valence-electron chi connectivity index (χ4n) is 2.00. The van der Waals surface area contributed by atoms with E-state index in [4.69, 9.17) is 9.26 Å². The predicted molar refractivity (Wildman–Crippen MR) is 76.4 cm³/mol. The molecule has 1 aromatic heterocycles. The van der Waals surface area contributed by atoms with E-state index < -0.39 is 12.1 Å². The van der Waals surface area contributed by atoms with E-state index in [-0.39, 0.29) is 11.3 Å². The number of ether oxygens (including phenoxy) is 1. The monoisotopic (exact) mass is 287 g/mol. The van der Waals surface area contributed by atoms with Crippen molar-refractivity contribution >= 4 is 11.8 Å². The summed E-state index contributed by atoms with van der Waals surface area (Å²) in [5, 5.41) is 3.70. The van der Waals surface area contributed by atoms with E-state index >= 15 is 0 Å². The Balaban J connectivity index is 2.11. The van der Waals surface area contributed by atoms with Crippen LogP contribution < -0.4 is 0 Å². The number of nitrogens with zero attached hydrogens (tertiary/aromatic N) is 1. The standard InChI is InChI=1S/C16H17NO4/c1-9-5-7-13(8-6-9)15(18)12(4)20-16(19)14-10(2)17-21-11(14)3/h5-8,12H,1-4H3/t12-/m1/s1. The maximum atomic E-state index is 12.2. The second-order valence-corrected chi connectivity index (χ2v) is 4.98. The molecule has 1 atom stereocenters. The third-order valence-electron chi connectivity index (χ3n) is 3.23. The molecular formula is C16H17NO4. The largest absolute Gasteiger partial charge is 0.451 e. The van der Waals surface area contributed by atoms with Gasteiger partial charge in [-0.25, -0.2) is 4.79 Å². The smallest absolute Gasteiger partial charge is 0.344 e. The third-order valence-corrected chi connectivity index (χ3v) is 3.23. The lowest BCUT2D eigenvalue weighted by Gasteiger charge is -2.12. The molecule has 21 heavy (non-hydrogen) atoms. The number of hydrogen-bond acceptors (Lipinski definition) is 5. The molecule has 0 saturated heterocycles. The number of aromatic nitrogens is 1. The normalized spacial score (nSPS) is 12.0. The number of Topliss-reactive ketones (excluding diaryl/α,β-unsaturated/α-hetero) is 1. The topological polar surface area (TPSA) is 69.4 Å². The second-order valence-electron chi connectivity index (χ2n) is 4.98. The first-order valence-electron chi connectivity index (χ1n) is 6.65. The van der Waals surface area contributed by atoms with Gasteiger partial charge in [0.25, 0.3) is 0 Å². The molecule has 110 valence electrons. The Hall–Kier alpha value is -2.43. The quantitative estimate of drug-likeness (QED) is 0.638. The van der Waals surface area contributed by atoms with E-state index in [0.29, 0.717) is 17.0 Å². The number of ketones is 1. The van der Waals surface area contributed by atoms with Crippen molar-refractivity contribution in [3.05, 3.63) is 52.4 Å². The summed E-state index contributed by atoms with van der Waals surface area (Å²) in [7, 11) is 0. The fraction of sp³-hybridized carbons (Fsp3) is 0.312. The van der Waals surface area contributed by atoms with Crippen LogP contribution in [-0.4, -0.2) is 23.0 Å². The van der Waals surface area contributed by atoms with Crippen molar-refractivity contribution in [3.63, 3.8) is 0 Å². The molecule has 5 nitrogen and oxygen atoms in total. The summed E-state index contributed by atoms with van der Waals surface area (Å²) in [5.74, 6) is -0.457. The number of carbonyl (C=O) groups excluding carboxylic acids is 2. The van der Waals surface area contributed by atoms with E-state index in [1.54, 1.807) is 32.9 Å². The average molecular weight is 287 g/mol. The van der Waals surface area contributed by atoms with Gasteiger partial charge in [-0.1, -0.05) is 35.0 Å². The molecule has 0 spiro atoms. The lowest BCUT2D eigenvalue weighted by atomic mass is 10.1. The highest BCUT2D eigenvalue weighted by atomic mass is 16.5. The van der Waals surface area contributed by atoms with Gasteiger partial charge in [0, 0.05) is 5.56 Å². The molecule has 0 N–H and O–H groups in total. The highest BCUT2D eigenvalue weighted by molar-refractivity contribution is 6.01. The van der Waals surface area contributed by atoms with Gasteiger partial charge in [0.1, 0.15) is 11.3 Å². The molecule has 2 rings (SSSR count). The summed E-state index contributed by atoms with van der Waals surface area (Å²) in [6.45, 7) is 6.77. The first-order valence-corrected chi connectivity index (χ1v) is 6.65. The Morgan fingerprint density at radius 3 is 2.29 bits per heavy atom. The number of benzene rings is 1. The molecular weight excluding hydrogens is 270 g/mol. The first-order chi connectivity index (χ1) is 9.90. The molecule has 0 aliphatic rings. The van der Waals surface area contributed by atoms with Crippen molar-refractivity contribution in [1.82, 2.24) is 5.16 Å². The molecule has 0 radical (unpaired) electrons. The third kappa shape index (κ3) is 3.18. The van der Waals surface area contributed by atoms with Gasteiger partial charge >= 0.3 is 5.97 Å². The number of rotatable bonds is 4. The molecule has 0 fully saturated rings. The number of aryl methyl sites for hydroxylation is 3. The van der Waals surface area contributed by atoms with Gasteiger partial charge in [0.2, 0.25) is 5.78 Å². The Morgan fingerprint density at radius 2 is 1.76 bits per heavy atom. The molecule has 2 aromatic rings. The van der Waals surface area contributed by atoms with Crippen LogP contribution in [0, 0.1) is 20.8 Å². The SMILES string of the molecule is Cc1ccc(C(=O)[C@@H](C)OC(=O)c2c(C)noc2C)cc1. The maximum Gasteiger partial charge on any atom is 0.344 e. The van der Waals surface area contributed by atoms with Crippen LogP contribution in [0.1, 0.15) is 44.7 Å². The predicted octanol–water partition coefficient (Wildman–Crippen LogP) is 3.03. The van der Waals surface area contributed by atoms with E-state index in [0.717, 1.165) is 5.56 Å². The number of esters is 1. The highest BCUT2D eigenvalue weighted by Gasteiger charge is 2.24. The molecule has 5 heteroatoms. The van der Waals surface area contributed by atoms with Gasteiger partial charge in [-0.05, 0) is 27.7 Å². The minimum atomic E-state index is -0.867. The molecule has 1 heterocycles. The fourth-order valence-corrected chi connectivity index (χ4v) is 2.00. The highest BCUT2D eigenvalue weighted by Crippen LogP contribution is 2.16. The van der Waals surface area contributed by atoms with Gasteiger partial charge in [0.15, 0.2) is 6.10 Å². The van der Waals surface area contributed by atoms with Crippen LogP contribution in [-0.2, 0) is 4.74 Å². The Bertz CT molecular complexity index is 651. The summed E-state index contributed by atoms with van der Waals surface area (Å²) in [4.78, 5) is 24.3. The zero-order chi connectivity index (χ0) is 15.6. The maximum absolute atomic E-state index is 12.2. The number of hydrogen-bond donors (Lipinski definition) is 0. The van der Waals surface area contributed by atoms with Crippen LogP contribution in [0.2, 0.25) is 0 Å². The summed E-state index contributed by atoms with van der Waals surface area (Å²) in [6, 6.07) is 7.13. The molecule has 0 bridgehead atoms. The van der Waals surface area contributed by atoms with Gasteiger partial charge < -0.3 is 9.26 Å². The average Bonchev–Trinajstić information content (AvgIpc) is 2.78. The minimum absolute atomic E-state index is 0.241. The van der Waals surface area contributed by atoms with Crippen molar-refractivity contribution in [2.45, 2.75) is 33.8 Å². The van der Waals surface area contributed by atoms with Crippen LogP contribution in [0.3, 0.4) is 0 Å². The van der Waals surface area contributed by atoms with E-state index in [1.807, 2.05) is 19.1 Å². The van der Waals surface area contributed by atoms with Crippen molar-refractivity contribution in [3.8, 4) is 0 Å². The zero-order valence-electron chi connectivity index (χ0n) is 12.5. The molecule has 0 unspecified atom stereocenters. The van der Waals surface area contributed by atoms with Gasteiger partial charge in [-0.3, -0.25) is 4.79 Å². The summed E-state index contributed by atoms with van der Waals surface area (Å²) in [5.41, 5.74) is 2.30. The van der Waals surface area contributed by atoms with E-state index in [2.05, 4.69) is 5.16 Å². The second kappa shape index (κ2) is 5.91. The van der Waals surface area contributed by atoms with E-state index in [1.165, 1.54) is 0 Å². The summed E-state index contributed by atoms with van der Waals surface area (Å²) in [6.07, 6.45) is -0.867. The minimum Gasteiger partial charge on any atom is -0.451 e. The van der Waals surface area contributed by atoms with Crippen LogP contribution in [0.25, 0.3) is 0 Å². The lowest BCUT2D eigenvalue weighted by Crippen LogP contribution is -2.24. The first kappa shape index (κ1) is 15.0. The molecule has 0 saturated carbocycles. The van der Waals surface area contributed by atoms with Crippen LogP contribution in [0.4, 0.5) is 0 Å². The van der Waals surface area contributed by atoms with Crippen LogP contribution in [0.5, 0.6) is 0 Å². The Labute approximate surface area is 122 Å². The molecule has 1 aromatic carbocycles. The van der Waals surface area contributed by atoms with Crippen molar-refractivity contribution in [2.24, 2.45) is 0 Å². The zero-order valence-corrected chi connectivity index (χ0v) is 12.5. The van der Waals surface area contributed by atoms with Crippen molar-refractivity contribution in [1.29, 1.82) is 0 Å². The van der Waals surface area contributed by atoms with E-state index in [9.17, 15) is 9.59 Å². The molecule has 0 amide bonds. The van der Waals surface area contributed by atoms with Gasteiger partial charge in [-0.2, -0.15) is 0 Å².